The zero-order valence-corrected chi connectivity index (χ0v) is 10.8. The van der Waals surface area contributed by atoms with E-state index in [0.717, 1.165) is 0 Å². The third kappa shape index (κ3) is 4.39. The molecule has 1 aliphatic rings. The zero-order chi connectivity index (χ0) is 15.3. The van der Waals surface area contributed by atoms with Crippen molar-refractivity contribution >= 4 is 11.8 Å². The summed E-state index contributed by atoms with van der Waals surface area (Å²) < 4.78 is 5.17. The van der Waals surface area contributed by atoms with Crippen LogP contribution in [0, 0.1) is 0 Å². The van der Waals surface area contributed by atoms with E-state index in [1.807, 2.05) is 0 Å². The molecule has 0 spiro atoms. The van der Waals surface area contributed by atoms with Gasteiger partial charge in [-0.1, -0.05) is 0 Å². The van der Waals surface area contributed by atoms with E-state index < -0.39 is 48.9 Å². The molecule has 0 saturated carbocycles. The summed E-state index contributed by atoms with van der Waals surface area (Å²) in [6.45, 7) is -0.490. The van der Waals surface area contributed by atoms with Crippen LogP contribution in [0.4, 0.5) is 0 Å². The Kier molecular flexibility index (Phi) is 6.30. The van der Waals surface area contributed by atoms with Gasteiger partial charge in [0.2, 0.25) is 11.8 Å². The third-order valence-electron chi connectivity index (χ3n) is 3.07. The molecule has 0 radical (unpaired) electrons. The molecule has 5 atom stereocenters. The fraction of sp³-hybridized carbons (Fsp3) is 0.818. The molecule has 1 saturated heterocycles. The fourth-order valence-electron chi connectivity index (χ4n) is 1.93. The predicted molar refractivity (Wildman–Crippen MR) is 65.2 cm³/mol. The lowest BCUT2D eigenvalue weighted by Crippen LogP contribution is -2.59. The number of ether oxygens (including phenoxy) is 1. The smallest absolute Gasteiger partial charge is 0.222 e. The van der Waals surface area contributed by atoms with Crippen LogP contribution in [-0.4, -0.2) is 75.9 Å². The first-order chi connectivity index (χ1) is 9.36. The molecule has 0 aliphatic carbocycles. The molecule has 0 bridgehead atoms. The van der Waals surface area contributed by atoms with Crippen molar-refractivity contribution in [1.82, 2.24) is 5.32 Å². The summed E-state index contributed by atoms with van der Waals surface area (Å²) in [7, 11) is 0. The number of carbonyl (C=O) groups excluding carboxylic acids is 2. The van der Waals surface area contributed by atoms with Gasteiger partial charge in [0.25, 0.3) is 0 Å². The van der Waals surface area contributed by atoms with E-state index >= 15 is 0 Å². The maximum Gasteiger partial charge on any atom is 0.222 e. The van der Waals surface area contributed by atoms with Crippen molar-refractivity contribution in [2.75, 3.05) is 13.2 Å². The topological polar surface area (TPSA) is 162 Å². The molecular formula is C11H20N2O7. The molecule has 9 heteroatoms. The molecule has 1 heterocycles. The van der Waals surface area contributed by atoms with Gasteiger partial charge in [0.15, 0.2) is 0 Å². The molecule has 1 rings (SSSR count). The quantitative estimate of drug-likeness (QED) is 0.292. The second kappa shape index (κ2) is 7.50. The molecule has 1 aliphatic heterocycles. The van der Waals surface area contributed by atoms with Gasteiger partial charge in [-0.2, -0.15) is 0 Å². The highest BCUT2D eigenvalue weighted by Gasteiger charge is 2.43. The summed E-state index contributed by atoms with van der Waals surface area (Å²) in [6, 6.07) is 0. The largest absolute Gasteiger partial charge is 0.394 e. The predicted octanol–water partition coefficient (Wildman–Crippen LogP) is -3.79. The first-order valence-electron chi connectivity index (χ1n) is 6.22. The summed E-state index contributed by atoms with van der Waals surface area (Å²) >= 11 is 0. The highest BCUT2D eigenvalue weighted by atomic mass is 16.5. The van der Waals surface area contributed by atoms with Crippen molar-refractivity contribution in [2.45, 2.75) is 43.4 Å². The zero-order valence-electron chi connectivity index (χ0n) is 10.8. The highest BCUT2D eigenvalue weighted by molar-refractivity contribution is 5.78. The number of carbonyl (C=O) groups is 2. The van der Waals surface area contributed by atoms with Gasteiger partial charge in [-0.15, -0.1) is 0 Å². The van der Waals surface area contributed by atoms with Gasteiger partial charge in [0.05, 0.1) is 19.1 Å². The van der Waals surface area contributed by atoms with Gasteiger partial charge in [-0.25, -0.2) is 0 Å². The van der Waals surface area contributed by atoms with E-state index in [9.17, 15) is 24.9 Å². The Hall–Kier alpha value is -1.26. The molecule has 9 nitrogen and oxygen atoms in total. The van der Waals surface area contributed by atoms with Crippen LogP contribution in [0.1, 0.15) is 12.8 Å². The van der Waals surface area contributed by atoms with Gasteiger partial charge < -0.3 is 36.2 Å². The van der Waals surface area contributed by atoms with Gasteiger partial charge >= 0.3 is 0 Å². The number of amides is 2. The Balaban J connectivity index is 2.49. The second-order valence-corrected chi connectivity index (χ2v) is 4.64. The molecule has 0 aromatic carbocycles. The molecule has 0 aromatic heterocycles. The number of rotatable bonds is 6. The summed E-state index contributed by atoms with van der Waals surface area (Å²) in [6.07, 6.45) is -6.81. The second-order valence-electron chi connectivity index (χ2n) is 4.64. The summed E-state index contributed by atoms with van der Waals surface area (Å²) in [5.74, 6) is -1.06. The van der Waals surface area contributed by atoms with Crippen LogP contribution < -0.4 is 11.1 Å². The lowest BCUT2D eigenvalue weighted by atomic mass is 9.93. The SMILES string of the molecule is NC(=O)CCNC(=O)C[C@@H]1O[C@H](CO)[C@@H](O)[C@H](O)C1O. The van der Waals surface area contributed by atoms with Crippen molar-refractivity contribution < 1.29 is 34.8 Å². The van der Waals surface area contributed by atoms with Crippen LogP contribution in [0.15, 0.2) is 0 Å². The number of nitrogens with one attached hydrogen (secondary N) is 1. The fourth-order valence-corrected chi connectivity index (χ4v) is 1.93. The molecule has 2 amide bonds. The maximum atomic E-state index is 11.6. The first kappa shape index (κ1) is 16.8. The number of nitrogens with two attached hydrogens (primary N) is 1. The Labute approximate surface area is 115 Å². The van der Waals surface area contributed by atoms with Crippen LogP contribution in [0.5, 0.6) is 0 Å². The van der Waals surface area contributed by atoms with Crippen molar-refractivity contribution in [3.05, 3.63) is 0 Å². The number of hydrogen-bond acceptors (Lipinski definition) is 7. The van der Waals surface area contributed by atoms with Crippen molar-refractivity contribution in [1.29, 1.82) is 0 Å². The Morgan fingerprint density at radius 2 is 1.70 bits per heavy atom. The van der Waals surface area contributed by atoms with Crippen molar-refractivity contribution in [2.24, 2.45) is 5.73 Å². The normalized spacial score (nSPS) is 33.7. The maximum absolute atomic E-state index is 11.6. The molecule has 7 N–H and O–H groups in total. The lowest BCUT2D eigenvalue weighted by molar-refractivity contribution is -0.229. The molecule has 0 aromatic rings. The van der Waals surface area contributed by atoms with E-state index in [-0.39, 0.29) is 19.4 Å². The minimum atomic E-state index is -1.51. The van der Waals surface area contributed by atoms with Crippen LogP contribution in [0.3, 0.4) is 0 Å². The van der Waals surface area contributed by atoms with Crippen LogP contribution in [0.2, 0.25) is 0 Å². The van der Waals surface area contributed by atoms with Crippen molar-refractivity contribution in [3.8, 4) is 0 Å². The Bertz CT molecular complexity index is 350. The average molecular weight is 292 g/mol. The number of primary amides is 1. The number of aliphatic hydroxyl groups excluding tert-OH is 4. The number of aliphatic hydroxyl groups is 4. The van der Waals surface area contributed by atoms with Gasteiger partial charge in [-0.3, -0.25) is 9.59 Å². The lowest BCUT2D eigenvalue weighted by Gasteiger charge is -2.39. The molecule has 20 heavy (non-hydrogen) atoms. The van der Waals surface area contributed by atoms with Gasteiger partial charge in [0, 0.05) is 13.0 Å². The minimum Gasteiger partial charge on any atom is -0.394 e. The summed E-state index contributed by atoms with van der Waals surface area (Å²) in [5, 5.41) is 40.2. The standard InChI is InChI=1S/C11H20N2O7/c12-7(15)1-2-13-8(16)3-5-9(17)11(19)10(18)6(4-14)20-5/h5-6,9-11,14,17-19H,1-4H2,(H2,12,15)(H,13,16)/t5-,6+,9?,10+,11+/m0/s1. The van der Waals surface area contributed by atoms with E-state index in [4.69, 9.17) is 15.6 Å². The van der Waals surface area contributed by atoms with Gasteiger partial charge in [0.1, 0.15) is 24.4 Å². The van der Waals surface area contributed by atoms with Crippen LogP contribution >= 0.6 is 0 Å². The van der Waals surface area contributed by atoms with Gasteiger partial charge in [-0.05, 0) is 0 Å². The molecular weight excluding hydrogens is 272 g/mol. The Morgan fingerprint density at radius 1 is 1.10 bits per heavy atom. The molecule has 1 fully saturated rings. The summed E-state index contributed by atoms with van der Waals surface area (Å²) in [5.41, 5.74) is 4.91. The number of hydrogen-bond donors (Lipinski definition) is 6. The van der Waals surface area contributed by atoms with E-state index in [0.29, 0.717) is 0 Å². The highest BCUT2D eigenvalue weighted by Crippen LogP contribution is 2.22. The summed E-state index contributed by atoms with van der Waals surface area (Å²) in [4.78, 5) is 22.1. The molecule has 116 valence electrons. The van der Waals surface area contributed by atoms with Crippen LogP contribution in [-0.2, 0) is 14.3 Å². The minimum absolute atomic E-state index is 0.0135. The van der Waals surface area contributed by atoms with Crippen LogP contribution in [0.25, 0.3) is 0 Å². The van der Waals surface area contributed by atoms with Crippen molar-refractivity contribution in [3.63, 3.8) is 0 Å². The van der Waals surface area contributed by atoms with E-state index in [2.05, 4.69) is 5.32 Å². The van der Waals surface area contributed by atoms with E-state index in [1.165, 1.54) is 0 Å². The Morgan fingerprint density at radius 3 is 2.25 bits per heavy atom. The first-order valence-corrected chi connectivity index (χ1v) is 6.22. The monoisotopic (exact) mass is 292 g/mol. The molecule has 1 unspecified atom stereocenters. The third-order valence-corrected chi connectivity index (χ3v) is 3.07. The van der Waals surface area contributed by atoms with E-state index in [1.54, 1.807) is 0 Å². The average Bonchev–Trinajstić information content (AvgIpc) is 2.39.